The van der Waals surface area contributed by atoms with Crippen molar-refractivity contribution in [1.29, 1.82) is 0 Å². The van der Waals surface area contributed by atoms with Crippen LogP contribution in [0.15, 0.2) is 24.3 Å². The van der Waals surface area contributed by atoms with Gasteiger partial charge in [-0.25, -0.2) is 20.1 Å². The first-order chi connectivity index (χ1) is 11.8. The summed E-state index contributed by atoms with van der Waals surface area (Å²) in [5.74, 6) is -1.86. The summed E-state index contributed by atoms with van der Waals surface area (Å²) >= 11 is 0. The van der Waals surface area contributed by atoms with E-state index in [9.17, 15) is 19.2 Å². The predicted octanol–water partition coefficient (Wildman–Crippen LogP) is -0.0945. The average molecular weight is 347 g/mol. The number of aliphatic hydroxyl groups excluding tert-OH is 1. The second kappa shape index (κ2) is 5.94. The molecule has 0 spiro atoms. The van der Waals surface area contributed by atoms with Crippen molar-refractivity contribution in [2.45, 2.75) is 25.5 Å². The standard InChI is InChI=1S/C16H17N3O6/c1-16(2)11(14(23)18(7-8-20)15(24)25-16)17-19-12(21)9-5-3-4-6-10(9)13(19)22/h3-6,11,17,20H,7-8H2,1-2H3. The minimum atomic E-state index is -1.30. The molecular formula is C16H17N3O6. The quantitative estimate of drug-likeness (QED) is 0.731. The van der Waals surface area contributed by atoms with E-state index in [1.165, 1.54) is 26.0 Å². The van der Waals surface area contributed by atoms with Gasteiger partial charge in [-0.15, -0.1) is 0 Å². The lowest BCUT2D eigenvalue weighted by Gasteiger charge is -2.42. The second-order valence-electron chi connectivity index (χ2n) is 6.24. The lowest BCUT2D eigenvalue weighted by Crippen LogP contribution is -2.68. The minimum absolute atomic E-state index is 0.227. The summed E-state index contributed by atoms with van der Waals surface area (Å²) in [4.78, 5) is 50.1. The van der Waals surface area contributed by atoms with Gasteiger partial charge in [0.2, 0.25) is 0 Å². The van der Waals surface area contributed by atoms with Crippen LogP contribution in [-0.2, 0) is 9.53 Å². The lowest BCUT2D eigenvalue weighted by molar-refractivity contribution is -0.149. The molecule has 1 unspecified atom stereocenters. The van der Waals surface area contributed by atoms with Gasteiger partial charge < -0.3 is 9.84 Å². The third-order valence-electron chi connectivity index (χ3n) is 4.15. The van der Waals surface area contributed by atoms with Crippen LogP contribution >= 0.6 is 0 Å². The second-order valence-corrected chi connectivity index (χ2v) is 6.24. The van der Waals surface area contributed by atoms with Gasteiger partial charge in [0, 0.05) is 0 Å². The van der Waals surface area contributed by atoms with Gasteiger partial charge in [0.1, 0.15) is 11.6 Å². The van der Waals surface area contributed by atoms with Gasteiger partial charge in [-0.3, -0.25) is 14.4 Å². The number of fused-ring (bicyclic) bond motifs is 1. The number of benzene rings is 1. The Kier molecular flexibility index (Phi) is 4.05. The van der Waals surface area contributed by atoms with Crippen molar-refractivity contribution in [1.82, 2.24) is 15.3 Å². The Morgan fingerprint density at radius 1 is 1.12 bits per heavy atom. The first-order valence-electron chi connectivity index (χ1n) is 7.67. The molecule has 9 nitrogen and oxygen atoms in total. The number of aliphatic hydroxyl groups is 1. The number of nitrogens with one attached hydrogen (secondary N) is 1. The van der Waals surface area contributed by atoms with E-state index in [1.807, 2.05) is 0 Å². The number of carbonyl (C=O) groups excluding carboxylic acids is 4. The average Bonchev–Trinajstić information content (AvgIpc) is 2.80. The number of hydrazine groups is 1. The number of hydrogen-bond acceptors (Lipinski definition) is 7. The van der Waals surface area contributed by atoms with Crippen LogP contribution in [-0.4, -0.2) is 63.6 Å². The molecule has 0 bridgehead atoms. The first kappa shape index (κ1) is 17.1. The van der Waals surface area contributed by atoms with Gasteiger partial charge in [0.05, 0.1) is 24.3 Å². The maximum Gasteiger partial charge on any atom is 0.417 e. The zero-order valence-corrected chi connectivity index (χ0v) is 13.7. The number of rotatable bonds is 4. The van der Waals surface area contributed by atoms with E-state index in [0.717, 1.165) is 9.91 Å². The highest BCUT2D eigenvalue weighted by atomic mass is 16.6. The number of carbonyl (C=O) groups is 4. The maximum absolute atomic E-state index is 12.6. The van der Waals surface area contributed by atoms with E-state index < -0.39 is 42.1 Å². The predicted molar refractivity (Wildman–Crippen MR) is 83.2 cm³/mol. The van der Waals surface area contributed by atoms with Crippen molar-refractivity contribution in [3.63, 3.8) is 0 Å². The van der Waals surface area contributed by atoms with Gasteiger partial charge >= 0.3 is 6.09 Å². The first-order valence-corrected chi connectivity index (χ1v) is 7.67. The smallest absolute Gasteiger partial charge is 0.417 e. The van der Waals surface area contributed by atoms with Gasteiger partial charge in [0.25, 0.3) is 17.7 Å². The van der Waals surface area contributed by atoms with E-state index in [0.29, 0.717) is 0 Å². The number of ether oxygens (including phenoxy) is 1. The van der Waals surface area contributed by atoms with Crippen molar-refractivity contribution in [3.05, 3.63) is 35.4 Å². The third kappa shape index (κ3) is 2.67. The van der Waals surface area contributed by atoms with Crippen LogP contribution in [0.3, 0.4) is 0 Å². The molecule has 1 saturated heterocycles. The summed E-state index contributed by atoms with van der Waals surface area (Å²) in [5, 5.41) is 9.77. The monoisotopic (exact) mass is 347 g/mol. The molecule has 1 aromatic carbocycles. The van der Waals surface area contributed by atoms with E-state index in [1.54, 1.807) is 12.1 Å². The summed E-state index contributed by atoms with van der Waals surface area (Å²) in [6, 6.07) is 5.13. The summed E-state index contributed by atoms with van der Waals surface area (Å²) in [6.07, 6.45) is -0.885. The highest BCUT2D eigenvalue weighted by molar-refractivity contribution is 6.21. The van der Waals surface area contributed by atoms with Crippen molar-refractivity contribution in [2.75, 3.05) is 13.2 Å². The molecule has 1 atom stereocenters. The SMILES string of the molecule is CC1(C)OC(=O)N(CCO)C(=O)C1NN1C(=O)c2ccccc2C1=O. The number of cyclic esters (lactones) is 1. The van der Waals surface area contributed by atoms with Crippen LogP contribution in [0.4, 0.5) is 4.79 Å². The Balaban J connectivity index is 1.89. The van der Waals surface area contributed by atoms with E-state index in [4.69, 9.17) is 9.84 Å². The van der Waals surface area contributed by atoms with Crippen LogP contribution in [0.1, 0.15) is 34.6 Å². The summed E-state index contributed by atoms with van der Waals surface area (Å²) in [5.41, 5.74) is 1.76. The minimum Gasteiger partial charge on any atom is -0.441 e. The number of hydrogen-bond donors (Lipinski definition) is 2. The number of imide groups is 2. The Hall–Kier alpha value is -2.78. The summed E-state index contributed by atoms with van der Waals surface area (Å²) < 4.78 is 5.22. The lowest BCUT2D eigenvalue weighted by atomic mass is 9.96. The molecule has 0 radical (unpaired) electrons. The largest absolute Gasteiger partial charge is 0.441 e. The molecular weight excluding hydrogens is 330 g/mol. The zero-order chi connectivity index (χ0) is 18.4. The molecule has 2 N–H and O–H groups in total. The fourth-order valence-corrected chi connectivity index (χ4v) is 2.83. The Morgan fingerprint density at radius 2 is 1.68 bits per heavy atom. The topological polar surface area (TPSA) is 116 Å². The molecule has 0 saturated carbocycles. The Morgan fingerprint density at radius 3 is 2.20 bits per heavy atom. The molecule has 3 rings (SSSR count). The molecule has 2 aliphatic heterocycles. The normalized spacial score (nSPS) is 22.3. The molecule has 0 aliphatic carbocycles. The van der Waals surface area contributed by atoms with Gasteiger partial charge in [-0.05, 0) is 26.0 Å². The molecule has 1 fully saturated rings. The highest BCUT2D eigenvalue weighted by Crippen LogP contribution is 2.27. The maximum atomic E-state index is 12.6. The molecule has 25 heavy (non-hydrogen) atoms. The van der Waals surface area contributed by atoms with Crippen LogP contribution in [0.5, 0.6) is 0 Å². The van der Waals surface area contributed by atoms with Gasteiger partial charge in [0.15, 0.2) is 0 Å². The van der Waals surface area contributed by atoms with Crippen molar-refractivity contribution < 1.29 is 29.0 Å². The van der Waals surface area contributed by atoms with Crippen LogP contribution in [0.2, 0.25) is 0 Å². The van der Waals surface area contributed by atoms with Crippen molar-refractivity contribution in [2.24, 2.45) is 0 Å². The number of β-amino-alcohol motifs (C(OH)–C–C–N with tert-alkyl or cyclic N) is 1. The fraction of sp³-hybridized carbons (Fsp3) is 0.375. The summed E-state index contributed by atoms with van der Waals surface area (Å²) in [7, 11) is 0. The molecule has 0 aromatic heterocycles. The zero-order valence-electron chi connectivity index (χ0n) is 13.7. The third-order valence-corrected chi connectivity index (χ3v) is 4.15. The van der Waals surface area contributed by atoms with Crippen molar-refractivity contribution >= 4 is 23.8 Å². The van der Waals surface area contributed by atoms with Crippen LogP contribution in [0.25, 0.3) is 0 Å². The van der Waals surface area contributed by atoms with E-state index in [-0.39, 0.29) is 17.7 Å². The van der Waals surface area contributed by atoms with Crippen molar-refractivity contribution in [3.8, 4) is 0 Å². The Labute approximate surface area is 143 Å². The highest BCUT2D eigenvalue weighted by Gasteiger charge is 2.51. The number of nitrogens with zero attached hydrogens (tertiary/aromatic N) is 2. The molecule has 2 aliphatic rings. The molecule has 132 valence electrons. The summed E-state index contributed by atoms with van der Waals surface area (Å²) in [6.45, 7) is 2.32. The molecule has 9 heteroatoms. The van der Waals surface area contributed by atoms with E-state index in [2.05, 4.69) is 5.43 Å². The van der Waals surface area contributed by atoms with Gasteiger partial charge in [-0.2, -0.15) is 0 Å². The van der Waals surface area contributed by atoms with Crippen LogP contribution in [0, 0.1) is 0 Å². The Bertz CT molecular complexity index is 740. The van der Waals surface area contributed by atoms with E-state index >= 15 is 0 Å². The molecule has 2 heterocycles. The number of amides is 4. The van der Waals surface area contributed by atoms with Gasteiger partial charge in [-0.1, -0.05) is 12.1 Å². The molecule has 1 aromatic rings. The fourth-order valence-electron chi connectivity index (χ4n) is 2.83. The molecule has 4 amide bonds. The van der Waals surface area contributed by atoms with Crippen LogP contribution < -0.4 is 5.43 Å².